The van der Waals surface area contributed by atoms with Gasteiger partial charge < -0.3 is 11.1 Å². The summed E-state index contributed by atoms with van der Waals surface area (Å²) in [6, 6.07) is 6.59. The Balaban J connectivity index is 2.37. The van der Waals surface area contributed by atoms with Gasteiger partial charge in [-0.25, -0.2) is 0 Å². The van der Waals surface area contributed by atoms with Gasteiger partial charge in [0.25, 0.3) is 0 Å². The van der Waals surface area contributed by atoms with Gasteiger partial charge in [-0.1, -0.05) is 32.6 Å². The Hall–Kier alpha value is -1.18. The molecule has 0 bridgehead atoms. The van der Waals surface area contributed by atoms with Crippen molar-refractivity contribution in [2.24, 2.45) is 0 Å². The molecule has 17 heavy (non-hydrogen) atoms. The van der Waals surface area contributed by atoms with Crippen molar-refractivity contribution in [2.75, 3.05) is 11.1 Å². The summed E-state index contributed by atoms with van der Waals surface area (Å²) in [6.45, 7) is 6.60. The number of hydrogen-bond donors (Lipinski definition) is 2. The van der Waals surface area contributed by atoms with Crippen LogP contribution in [0.3, 0.4) is 0 Å². The Morgan fingerprint density at radius 2 is 2.00 bits per heavy atom. The second kappa shape index (κ2) is 7.21. The smallest absolute Gasteiger partial charge is 0.0373 e. The van der Waals surface area contributed by atoms with E-state index in [4.69, 9.17) is 5.73 Å². The zero-order valence-electron chi connectivity index (χ0n) is 11.4. The molecule has 1 aromatic rings. The highest BCUT2D eigenvalue weighted by Crippen LogP contribution is 2.19. The second-order valence-corrected chi connectivity index (χ2v) is 4.97. The van der Waals surface area contributed by atoms with E-state index in [9.17, 15) is 0 Å². The Morgan fingerprint density at radius 1 is 1.24 bits per heavy atom. The van der Waals surface area contributed by atoms with Crippen LogP contribution in [0.5, 0.6) is 0 Å². The standard InChI is InChI=1S/C15H26N2/c1-4-5-6-7-8-13(3)17-15-10-9-14(16)11-12(15)2/h9-11,13,17H,4-8,16H2,1-3H3. The number of hydrogen-bond acceptors (Lipinski definition) is 2. The quantitative estimate of drug-likeness (QED) is 0.544. The second-order valence-electron chi connectivity index (χ2n) is 4.97. The van der Waals surface area contributed by atoms with Crippen molar-refractivity contribution in [3.63, 3.8) is 0 Å². The Kier molecular flexibility index (Phi) is 5.88. The third kappa shape index (κ3) is 5.12. The lowest BCUT2D eigenvalue weighted by atomic mass is 10.1. The van der Waals surface area contributed by atoms with Crippen molar-refractivity contribution in [2.45, 2.75) is 58.9 Å². The van der Waals surface area contributed by atoms with Crippen LogP contribution in [-0.4, -0.2) is 6.04 Å². The van der Waals surface area contributed by atoms with Gasteiger partial charge in [-0.15, -0.1) is 0 Å². The first-order chi connectivity index (χ1) is 8.13. The molecule has 0 radical (unpaired) electrons. The molecule has 2 heteroatoms. The summed E-state index contributed by atoms with van der Waals surface area (Å²) in [6.07, 6.45) is 6.57. The highest BCUT2D eigenvalue weighted by atomic mass is 14.9. The van der Waals surface area contributed by atoms with Crippen molar-refractivity contribution < 1.29 is 0 Å². The SMILES string of the molecule is CCCCCCC(C)Nc1ccc(N)cc1C. The maximum absolute atomic E-state index is 5.74. The van der Waals surface area contributed by atoms with Crippen LogP contribution in [0.2, 0.25) is 0 Å². The van der Waals surface area contributed by atoms with E-state index >= 15 is 0 Å². The Morgan fingerprint density at radius 3 is 2.65 bits per heavy atom. The number of nitrogen functional groups attached to an aromatic ring is 1. The highest BCUT2D eigenvalue weighted by Gasteiger charge is 2.04. The highest BCUT2D eigenvalue weighted by molar-refractivity contribution is 5.57. The number of nitrogens with one attached hydrogen (secondary N) is 1. The summed E-state index contributed by atoms with van der Waals surface area (Å²) in [5, 5.41) is 3.56. The molecule has 0 fully saturated rings. The molecular formula is C15H26N2. The summed E-state index contributed by atoms with van der Waals surface area (Å²) < 4.78 is 0. The molecule has 1 rings (SSSR count). The molecule has 0 saturated heterocycles. The average Bonchev–Trinajstić information content (AvgIpc) is 2.28. The zero-order chi connectivity index (χ0) is 12.7. The first kappa shape index (κ1) is 13.9. The van der Waals surface area contributed by atoms with E-state index in [-0.39, 0.29) is 0 Å². The van der Waals surface area contributed by atoms with Gasteiger partial charge >= 0.3 is 0 Å². The van der Waals surface area contributed by atoms with Crippen molar-refractivity contribution in [1.29, 1.82) is 0 Å². The van der Waals surface area contributed by atoms with Crippen molar-refractivity contribution in [3.8, 4) is 0 Å². The molecule has 96 valence electrons. The van der Waals surface area contributed by atoms with Gasteiger partial charge in [0.15, 0.2) is 0 Å². The predicted molar refractivity (Wildman–Crippen MR) is 77.4 cm³/mol. The number of benzene rings is 1. The molecule has 0 aliphatic rings. The van der Waals surface area contributed by atoms with E-state index in [2.05, 4.69) is 32.2 Å². The van der Waals surface area contributed by atoms with E-state index in [1.165, 1.54) is 43.4 Å². The monoisotopic (exact) mass is 234 g/mol. The van der Waals surface area contributed by atoms with Gasteiger partial charge in [-0.2, -0.15) is 0 Å². The minimum Gasteiger partial charge on any atom is -0.399 e. The van der Waals surface area contributed by atoms with Crippen LogP contribution >= 0.6 is 0 Å². The fraction of sp³-hybridized carbons (Fsp3) is 0.600. The number of unbranched alkanes of at least 4 members (excludes halogenated alkanes) is 3. The van der Waals surface area contributed by atoms with Gasteiger partial charge in [-0.05, 0) is 44.0 Å². The van der Waals surface area contributed by atoms with Crippen LogP contribution in [0.1, 0.15) is 51.5 Å². The van der Waals surface area contributed by atoms with Crippen molar-refractivity contribution in [1.82, 2.24) is 0 Å². The van der Waals surface area contributed by atoms with Crippen molar-refractivity contribution in [3.05, 3.63) is 23.8 Å². The minimum absolute atomic E-state index is 0.536. The molecule has 0 saturated carbocycles. The van der Waals surface area contributed by atoms with E-state index in [0.29, 0.717) is 6.04 Å². The molecule has 0 heterocycles. The van der Waals surface area contributed by atoms with Crippen LogP contribution in [0.15, 0.2) is 18.2 Å². The summed E-state index contributed by atoms with van der Waals surface area (Å²) >= 11 is 0. The maximum Gasteiger partial charge on any atom is 0.0373 e. The molecular weight excluding hydrogens is 208 g/mol. The summed E-state index contributed by atoms with van der Waals surface area (Å²) in [7, 11) is 0. The van der Waals surface area contributed by atoms with Gasteiger partial charge in [-0.3, -0.25) is 0 Å². The first-order valence-electron chi connectivity index (χ1n) is 6.76. The molecule has 1 aromatic carbocycles. The van der Waals surface area contributed by atoms with E-state index in [0.717, 1.165) is 5.69 Å². The number of aryl methyl sites for hydroxylation is 1. The Bertz CT molecular complexity index is 334. The molecule has 0 aromatic heterocycles. The van der Waals surface area contributed by atoms with E-state index < -0.39 is 0 Å². The molecule has 2 nitrogen and oxygen atoms in total. The fourth-order valence-electron chi connectivity index (χ4n) is 2.06. The van der Waals surface area contributed by atoms with E-state index in [1.807, 2.05) is 12.1 Å². The third-order valence-corrected chi connectivity index (χ3v) is 3.14. The largest absolute Gasteiger partial charge is 0.399 e. The topological polar surface area (TPSA) is 38.0 Å². The first-order valence-corrected chi connectivity index (χ1v) is 6.76. The molecule has 0 amide bonds. The van der Waals surface area contributed by atoms with Crippen molar-refractivity contribution >= 4 is 11.4 Å². The van der Waals surface area contributed by atoms with Crippen LogP contribution < -0.4 is 11.1 Å². The summed E-state index contributed by atoms with van der Waals surface area (Å²) in [4.78, 5) is 0. The lowest BCUT2D eigenvalue weighted by Gasteiger charge is -2.17. The van der Waals surface area contributed by atoms with Crippen LogP contribution in [-0.2, 0) is 0 Å². The molecule has 0 spiro atoms. The third-order valence-electron chi connectivity index (χ3n) is 3.14. The lowest BCUT2D eigenvalue weighted by molar-refractivity contribution is 0.594. The van der Waals surface area contributed by atoms with Gasteiger partial charge in [0.05, 0.1) is 0 Å². The minimum atomic E-state index is 0.536. The van der Waals surface area contributed by atoms with Gasteiger partial charge in [0.2, 0.25) is 0 Å². The normalized spacial score (nSPS) is 12.4. The van der Waals surface area contributed by atoms with Gasteiger partial charge in [0, 0.05) is 17.4 Å². The van der Waals surface area contributed by atoms with Crippen LogP contribution in [0, 0.1) is 6.92 Å². The zero-order valence-corrected chi connectivity index (χ0v) is 11.4. The maximum atomic E-state index is 5.74. The summed E-state index contributed by atoms with van der Waals surface area (Å²) in [5.74, 6) is 0. The number of rotatable bonds is 7. The lowest BCUT2D eigenvalue weighted by Crippen LogP contribution is -2.15. The van der Waals surface area contributed by atoms with E-state index in [1.54, 1.807) is 0 Å². The molecule has 1 unspecified atom stereocenters. The predicted octanol–water partition coefficient (Wildman–Crippen LogP) is 4.35. The fourth-order valence-corrected chi connectivity index (χ4v) is 2.06. The number of anilines is 2. The summed E-state index contributed by atoms with van der Waals surface area (Å²) in [5.41, 5.74) is 9.02. The molecule has 0 aliphatic heterocycles. The van der Waals surface area contributed by atoms with Gasteiger partial charge in [0.1, 0.15) is 0 Å². The Labute approximate surface area is 106 Å². The van der Waals surface area contributed by atoms with Crippen LogP contribution in [0.4, 0.5) is 11.4 Å². The molecule has 1 atom stereocenters. The number of nitrogens with two attached hydrogens (primary N) is 1. The molecule has 0 aliphatic carbocycles. The van der Waals surface area contributed by atoms with Crippen LogP contribution in [0.25, 0.3) is 0 Å². The molecule has 3 N–H and O–H groups in total. The average molecular weight is 234 g/mol.